The summed E-state index contributed by atoms with van der Waals surface area (Å²) in [6, 6.07) is 0. The second kappa shape index (κ2) is 260. The summed E-state index contributed by atoms with van der Waals surface area (Å²) in [4.78, 5) is 0. The van der Waals surface area contributed by atoms with Crippen LogP contribution in [0.15, 0.2) is 0 Å². The maximum absolute atomic E-state index is 0. The van der Waals surface area contributed by atoms with Crippen molar-refractivity contribution in [2.24, 2.45) is 0 Å². The molecule has 0 aliphatic rings. The van der Waals surface area contributed by atoms with Gasteiger partial charge in [-0.15, -0.1) is 0 Å². The van der Waals surface area contributed by atoms with E-state index in [1.807, 2.05) is 0 Å². The smallest absolute Gasteiger partial charge is 2.00 e. The summed E-state index contributed by atoms with van der Waals surface area (Å²) in [5.41, 5.74) is 0. The zero-order valence-electron chi connectivity index (χ0n) is 6.36. The van der Waals surface area contributed by atoms with Gasteiger partial charge >= 0.3 is 120 Å². The van der Waals surface area contributed by atoms with E-state index in [1.54, 1.807) is 0 Å². The zero-order chi connectivity index (χ0) is 0. The van der Waals surface area contributed by atoms with Crippen molar-refractivity contribution < 1.29 is 158 Å². The summed E-state index contributed by atoms with van der Waals surface area (Å²) in [5.74, 6) is 0. The minimum atomic E-state index is 0. The van der Waals surface area contributed by atoms with Crippen LogP contribution in [0.4, 0.5) is 0 Å². The Morgan fingerprint density at radius 2 is 0.308 bits per heavy atom. The van der Waals surface area contributed by atoms with Gasteiger partial charge in [0.2, 0.25) is 0 Å². The molecular formula is Ag2Li2O7V2. The fraction of sp³-hybridized carbons (Fsp3) is 0. The zero-order valence-corrected chi connectivity index (χ0v) is 12.1. The van der Waals surface area contributed by atoms with Gasteiger partial charge in [-0.2, -0.15) is 0 Å². The van der Waals surface area contributed by atoms with Crippen LogP contribution in [0, 0.1) is 0 Å². The number of rotatable bonds is 0. The van der Waals surface area contributed by atoms with Gasteiger partial charge in [-0.05, 0) is 0 Å². The fourth-order valence-corrected chi connectivity index (χ4v) is 0. The predicted octanol–water partition coefficient (Wildman–Crippen LogP) is -6.83. The molecule has 0 aliphatic heterocycles. The molecule has 0 aliphatic carbocycles. The molecule has 0 radical (unpaired) electrons. The van der Waals surface area contributed by atoms with Crippen LogP contribution >= 0.6 is 0 Å². The van der Waals surface area contributed by atoms with Crippen molar-refractivity contribution in [3.8, 4) is 0 Å². The molecule has 0 saturated carbocycles. The molecular weight excluding hydrogens is 443 g/mol. The second-order valence-electron chi connectivity index (χ2n) is 0. The Balaban J connectivity index is 0. The summed E-state index contributed by atoms with van der Waals surface area (Å²) in [6.07, 6.45) is 0. The number of hydrogen-bond donors (Lipinski definition) is 0. The summed E-state index contributed by atoms with van der Waals surface area (Å²) in [7, 11) is 0. The van der Waals surface area contributed by atoms with Gasteiger partial charge in [0.05, 0.1) is 0 Å². The van der Waals surface area contributed by atoms with Crippen LogP contribution in [0.3, 0.4) is 0 Å². The molecule has 0 unspecified atom stereocenters. The van der Waals surface area contributed by atoms with E-state index in [2.05, 4.69) is 0 Å². The van der Waals surface area contributed by atoms with Crippen molar-refractivity contribution in [3.63, 3.8) is 0 Å². The van der Waals surface area contributed by atoms with Crippen LogP contribution in [0.2, 0.25) is 0 Å². The fourth-order valence-electron chi connectivity index (χ4n) is 0. The Bertz CT molecular complexity index is 22.5. The topological polar surface area (TPSA) is 200 Å². The Labute approximate surface area is 156 Å². The molecule has 13 heteroatoms. The molecule has 0 fully saturated rings. The first-order valence-corrected chi connectivity index (χ1v) is 0. The Hall–Kier alpha value is 3.56. The molecule has 0 spiro atoms. The van der Waals surface area contributed by atoms with E-state index < -0.39 is 0 Å². The standard InChI is InChI=1S/2Ag.2Li.7O.2V/q4*+1;7*-2;2*+5. The Morgan fingerprint density at radius 3 is 0.308 bits per heavy atom. The molecule has 0 rings (SSSR count). The van der Waals surface area contributed by atoms with E-state index in [0.717, 1.165) is 0 Å². The minimum absolute atomic E-state index is 0. The first-order valence-electron chi connectivity index (χ1n) is 0. The van der Waals surface area contributed by atoms with Gasteiger partial charge in [0.25, 0.3) is 0 Å². The third-order valence-electron chi connectivity index (χ3n) is 0. The SMILES string of the molecule is [Ag+].[Ag+].[Li+].[Li+].[O-2].[O-2].[O-2].[O-2].[O-2].[O-2].[O-2].[V+5].[V+5]. The molecule has 0 aromatic rings. The average Bonchev–Trinajstić information content (AvgIpc) is 0. The summed E-state index contributed by atoms with van der Waals surface area (Å²) < 4.78 is 0. The molecule has 0 aromatic heterocycles. The molecule has 0 saturated heterocycles. The van der Waals surface area contributed by atoms with Crippen molar-refractivity contribution in [1.82, 2.24) is 0 Å². The molecule has 0 amide bonds. The summed E-state index contributed by atoms with van der Waals surface area (Å²) in [6.45, 7) is 0. The summed E-state index contributed by atoms with van der Waals surface area (Å²) >= 11 is 0. The second-order valence-corrected chi connectivity index (χ2v) is 0. The normalized spacial score (nSPS) is 0. The first-order chi connectivity index (χ1) is 0. The van der Waals surface area contributed by atoms with Crippen LogP contribution in [0.1, 0.15) is 0 Å². The molecule has 0 aromatic carbocycles. The maximum Gasteiger partial charge on any atom is 5.00 e. The Kier molecular flexibility index (Phi) is 6310. The first kappa shape index (κ1) is 316. The van der Waals surface area contributed by atoms with Crippen molar-refractivity contribution in [2.45, 2.75) is 0 Å². The van der Waals surface area contributed by atoms with Crippen LogP contribution in [0.25, 0.3) is 0 Å². The van der Waals surface area contributed by atoms with Gasteiger partial charge < -0.3 is 38.3 Å². The third-order valence-corrected chi connectivity index (χ3v) is 0. The van der Waals surface area contributed by atoms with Gasteiger partial charge in [-0.1, -0.05) is 0 Å². The third kappa shape index (κ3) is 225. The Morgan fingerprint density at radius 1 is 0.308 bits per heavy atom. The van der Waals surface area contributed by atoms with Gasteiger partial charge in [-0.25, -0.2) is 0 Å². The predicted molar refractivity (Wildman–Crippen MR) is 4.81 cm³/mol. The van der Waals surface area contributed by atoms with Crippen LogP contribution in [0.5, 0.6) is 0 Å². The molecule has 76 valence electrons. The van der Waals surface area contributed by atoms with Crippen LogP contribution in [-0.4, -0.2) is 0 Å². The molecule has 7 nitrogen and oxygen atoms in total. The summed E-state index contributed by atoms with van der Waals surface area (Å²) in [5, 5.41) is 0. The monoisotopic (exact) mass is 442 g/mol. The van der Waals surface area contributed by atoms with E-state index in [9.17, 15) is 0 Å². The molecule has 0 atom stereocenters. The van der Waals surface area contributed by atoms with Gasteiger partial charge in [0.15, 0.2) is 0 Å². The largest absolute Gasteiger partial charge is 5.00 e. The maximum atomic E-state index is 0. The van der Waals surface area contributed by atoms with E-state index in [-0.39, 0.29) is 158 Å². The average molecular weight is 443 g/mol. The molecule has 0 heterocycles. The van der Waals surface area contributed by atoms with Crippen LogP contribution in [-0.2, 0) is 120 Å². The van der Waals surface area contributed by atoms with Gasteiger partial charge in [0.1, 0.15) is 0 Å². The van der Waals surface area contributed by atoms with E-state index in [0.29, 0.717) is 0 Å². The molecule has 0 bridgehead atoms. The quantitative estimate of drug-likeness (QED) is 0.321. The van der Waals surface area contributed by atoms with Crippen LogP contribution < -0.4 is 37.7 Å². The number of hydrogen-bond acceptors (Lipinski definition) is 0. The van der Waals surface area contributed by atoms with Gasteiger partial charge in [0, 0.05) is 0 Å². The molecule has 13 heavy (non-hydrogen) atoms. The minimum Gasteiger partial charge on any atom is -2.00 e. The van der Waals surface area contributed by atoms with Gasteiger partial charge in [-0.3, -0.25) is 0 Å². The van der Waals surface area contributed by atoms with Crippen molar-refractivity contribution in [3.05, 3.63) is 0 Å². The van der Waals surface area contributed by atoms with Crippen molar-refractivity contribution in [2.75, 3.05) is 0 Å². The van der Waals surface area contributed by atoms with Crippen molar-refractivity contribution >= 4 is 0 Å². The molecule has 0 N–H and O–H groups in total. The van der Waals surface area contributed by atoms with Crippen molar-refractivity contribution in [1.29, 1.82) is 0 Å². The van der Waals surface area contributed by atoms with E-state index >= 15 is 0 Å². The van der Waals surface area contributed by atoms with E-state index in [4.69, 9.17) is 0 Å². The van der Waals surface area contributed by atoms with E-state index in [1.165, 1.54) is 0 Å².